The van der Waals surface area contributed by atoms with Crippen LogP contribution < -0.4 is 5.32 Å². The molecule has 112 valence electrons. The Morgan fingerprint density at radius 3 is 2.81 bits per heavy atom. The molecule has 0 atom stereocenters. The smallest absolute Gasteiger partial charge is 0.374 e. The molecule has 7 heteroatoms. The number of esters is 1. The summed E-state index contributed by atoms with van der Waals surface area (Å²) in [7, 11) is 1.25. The molecule has 1 aliphatic carbocycles. The number of carbonyl (C=O) groups is 3. The summed E-state index contributed by atoms with van der Waals surface area (Å²) in [4.78, 5) is 37.3. The molecule has 1 saturated heterocycles. The Labute approximate surface area is 121 Å². The van der Waals surface area contributed by atoms with Crippen molar-refractivity contribution < 1.29 is 23.5 Å². The van der Waals surface area contributed by atoms with Crippen LogP contribution in [-0.4, -0.2) is 35.5 Å². The normalized spacial score (nSPS) is 20.1. The van der Waals surface area contributed by atoms with E-state index < -0.39 is 17.5 Å². The second kappa shape index (κ2) is 4.91. The van der Waals surface area contributed by atoms with Gasteiger partial charge in [-0.25, -0.2) is 9.59 Å². The molecule has 3 rings (SSSR count). The van der Waals surface area contributed by atoms with Crippen LogP contribution in [0.4, 0.5) is 4.79 Å². The van der Waals surface area contributed by atoms with Gasteiger partial charge in [-0.2, -0.15) is 0 Å². The molecule has 1 spiro atoms. The summed E-state index contributed by atoms with van der Waals surface area (Å²) in [6.45, 7) is 0.00729. The number of nitrogens with zero attached hydrogens (tertiary/aromatic N) is 1. The van der Waals surface area contributed by atoms with Crippen molar-refractivity contribution in [2.45, 2.75) is 37.8 Å². The maximum absolute atomic E-state index is 12.5. The highest BCUT2D eigenvalue weighted by Gasteiger charge is 2.52. The molecule has 2 aliphatic rings. The fourth-order valence-electron chi connectivity index (χ4n) is 3.04. The van der Waals surface area contributed by atoms with Gasteiger partial charge in [-0.1, -0.05) is 12.8 Å². The second-order valence-electron chi connectivity index (χ2n) is 5.38. The molecule has 2 heterocycles. The van der Waals surface area contributed by atoms with Crippen molar-refractivity contribution in [1.29, 1.82) is 0 Å². The Morgan fingerprint density at radius 1 is 1.43 bits per heavy atom. The van der Waals surface area contributed by atoms with E-state index >= 15 is 0 Å². The first-order valence-electron chi connectivity index (χ1n) is 6.86. The lowest BCUT2D eigenvalue weighted by Crippen LogP contribution is -2.44. The number of hydrogen-bond acceptors (Lipinski definition) is 5. The maximum atomic E-state index is 12.5. The lowest BCUT2D eigenvalue weighted by Gasteiger charge is -2.19. The minimum Gasteiger partial charge on any atom is -0.463 e. The highest BCUT2D eigenvalue weighted by atomic mass is 16.5. The third-order valence-corrected chi connectivity index (χ3v) is 4.15. The van der Waals surface area contributed by atoms with Crippen LogP contribution in [0.5, 0.6) is 0 Å². The summed E-state index contributed by atoms with van der Waals surface area (Å²) < 4.78 is 9.68. The molecule has 1 saturated carbocycles. The van der Waals surface area contributed by atoms with Gasteiger partial charge in [0.1, 0.15) is 5.54 Å². The van der Waals surface area contributed by atoms with Gasteiger partial charge < -0.3 is 14.5 Å². The Hall–Kier alpha value is -2.31. The fraction of sp³-hybridized carbons (Fsp3) is 0.500. The second-order valence-corrected chi connectivity index (χ2v) is 5.38. The van der Waals surface area contributed by atoms with Crippen molar-refractivity contribution >= 4 is 17.9 Å². The number of hydrogen-bond donors (Lipinski definition) is 1. The zero-order chi connectivity index (χ0) is 15.0. The van der Waals surface area contributed by atoms with E-state index in [4.69, 9.17) is 4.42 Å². The number of ether oxygens (including phenoxy) is 1. The molecule has 1 aromatic rings. The third-order valence-electron chi connectivity index (χ3n) is 4.15. The highest BCUT2D eigenvalue weighted by Crippen LogP contribution is 2.35. The topological polar surface area (TPSA) is 88.8 Å². The summed E-state index contributed by atoms with van der Waals surface area (Å²) in [6, 6.07) is 1.14. The first-order chi connectivity index (χ1) is 10.1. The molecule has 0 unspecified atom stereocenters. The first-order valence-corrected chi connectivity index (χ1v) is 6.86. The molecule has 1 aliphatic heterocycles. The molecule has 0 aromatic carbocycles. The van der Waals surface area contributed by atoms with E-state index in [2.05, 4.69) is 10.1 Å². The predicted octanol–water partition coefficient (Wildman–Crippen LogP) is 1.43. The highest BCUT2D eigenvalue weighted by molar-refractivity contribution is 6.07. The number of carbonyl (C=O) groups excluding carboxylic acids is 3. The number of amides is 3. The van der Waals surface area contributed by atoms with E-state index in [0.717, 1.165) is 17.7 Å². The van der Waals surface area contributed by atoms with E-state index in [-0.39, 0.29) is 18.2 Å². The van der Waals surface area contributed by atoms with Crippen LogP contribution >= 0.6 is 0 Å². The fourth-order valence-corrected chi connectivity index (χ4v) is 3.04. The van der Waals surface area contributed by atoms with E-state index in [9.17, 15) is 14.4 Å². The van der Waals surface area contributed by atoms with Gasteiger partial charge in [0.25, 0.3) is 5.91 Å². The van der Waals surface area contributed by atoms with Crippen LogP contribution in [0.25, 0.3) is 0 Å². The van der Waals surface area contributed by atoms with Gasteiger partial charge in [-0.05, 0) is 18.9 Å². The molecule has 21 heavy (non-hydrogen) atoms. The van der Waals surface area contributed by atoms with Crippen LogP contribution in [-0.2, 0) is 16.1 Å². The van der Waals surface area contributed by atoms with Gasteiger partial charge >= 0.3 is 12.0 Å². The molecule has 1 aromatic heterocycles. The number of nitrogens with one attached hydrogen (secondary N) is 1. The number of furan rings is 1. The molecule has 7 nitrogen and oxygen atoms in total. The molecular weight excluding hydrogens is 276 g/mol. The minimum absolute atomic E-state index is 0.00729. The van der Waals surface area contributed by atoms with E-state index in [1.54, 1.807) is 6.07 Å². The van der Waals surface area contributed by atoms with Crippen LogP contribution in [0.1, 0.15) is 41.8 Å². The summed E-state index contributed by atoms with van der Waals surface area (Å²) >= 11 is 0. The van der Waals surface area contributed by atoms with Crippen molar-refractivity contribution in [3.63, 3.8) is 0 Å². The van der Waals surface area contributed by atoms with Crippen molar-refractivity contribution in [1.82, 2.24) is 10.2 Å². The van der Waals surface area contributed by atoms with Crippen LogP contribution in [0.15, 0.2) is 16.7 Å². The van der Waals surface area contributed by atoms with Gasteiger partial charge in [0.15, 0.2) is 0 Å². The summed E-state index contributed by atoms with van der Waals surface area (Å²) in [5.74, 6) is -0.829. The average Bonchev–Trinajstić information content (AvgIpc) is 3.16. The van der Waals surface area contributed by atoms with E-state index in [1.165, 1.54) is 13.4 Å². The van der Waals surface area contributed by atoms with Gasteiger partial charge in [-0.15, -0.1) is 0 Å². The SMILES string of the molecule is COC(=O)c1occc1CN1C(=O)NC2(CCCC2)C1=O. The number of methoxy groups -OCH3 is 1. The van der Waals surface area contributed by atoms with Gasteiger partial charge in [-0.3, -0.25) is 9.69 Å². The van der Waals surface area contributed by atoms with E-state index in [0.29, 0.717) is 18.4 Å². The molecule has 0 bridgehead atoms. The van der Waals surface area contributed by atoms with E-state index in [1.807, 2.05) is 0 Å². The summed E-state index contributed by atoms with van der Waals surface area (Å²) in [5.41, 5.74) is -0.285. The molecule has 1 N–H and O–H groups in total. The zero-order valence-corrected chi connectivity index (χ0v) is 11.7. The zero-order valence-electron chi connectivity index (χ0n) is 11.7. The largest absolute Gasteiger partial charge is 0.463 e. The Bertz CT molecular complexity index is 600. The Balaban J connectivity index is 1.82. The molecule has 0 radical (unpaired) electrons. The van der Waals surface area contributed by atoms with Crippen LogP contribution in [0, 0.1) is 0 Å². The third kappa shape index (κ3) is 2.09. The van der Waals surface area contributed by atoms with Crippen LogP contribution in [0.3, 0.4) is 0 Å². The first kappa shape index (κ1) is 13.7. The Morgan fingerprint density at radius 2 is 2.14 bits per heavy atom. The maximum Gasteiger partial charge on any atom is 0.374 e. The van der Waals surface area contributed by atoms with Crippen molar-refractivity contribution in [3.8, 4) is 0 Å². The lowest BCUT2D eigenvalue weighted by atomic mass is 9.98. The summed E-state index contributed by atoms with van der Waals surface area (Å²) in [6.07, 6.45) is 4.54. The minimum atomic E-state index is -0.744. The Kier molecular flexibility index (Phi) is 3.19. The van der Waals surface area contributed by atoms with Gasteiger partial charge in [0.05, 0.1) is 19.9 Å². The van der Waals surface area contributed by atoms with Gasteiger partial charge in [0.2, 0.25) is 5.76 Å². The van der Waals surface area contributed by atoms with Crippen molar-refractivity contribution in [2.75, 3.05) is 7.11 Å². The average molecular weight is 292 g/mol. The van der Waals surface area contributed by atoms with Gasteiger partial charge in [0, 0.05) is 5.56 Å². The number of rotatable bonds is 3. The number of imide groups is 1. The molecular formula is C14H16N2O5. The monoisotopic (exact) mass is 292 g/mol. The molecule has 3 amide bonds. The summed E-state index contributed by atoms with van der Waals surface area (Å²) in [5, 5.41) is 2.79. The quantitative estimate of drug-likeness (QED) is 0.672. The standard InChI is InChI=1S/C14H16N2O5/c1-20-11(17)10-9(4-7-21-10)8-16-12(18)14(15-13(16)19)5-2-3-6-14/h4,7H,2-3,5-6,8H2,1H3,(H,15,19). The lowest BCUT2D eigenvalue weighted by molar-refractivity contribution is -0.131. The number of urea groups is 1. The van der Waals surface area contributed by atoms with Crippen molar-refractivity contribution in [2.24, 2.45) is 0 Å². The van der Waals surface area contributed by atoms with Crippen molar-refractivity contribution in [3.05, 3.63) is 23.7 Å². The molecule has 2 fully saturated rings. The predicted molar refractivity (Wildman–Crippen MR) is 70.3 cm³/mol. The van der Waals surface area contributed by atoms with Crippen LogP contribution in [0.2, 0.25) is 0 Å².